The largest absolute Gasteiger partial charge is 0.390 e. The van der Waals surface area contributed by atoms with Crippen molar-refractivity contribution in [1.82, 2.24) is 9.78 Å². The monoisotopic (exact) mass is 244 g/mol. The van der Waals surface area contributed by atoms with Crippen molar-refractivity contribution in [2.45, 2.75) is 26.9 Å². The highest BCUT2D eigenvalue weighted by atomic mass is 16.3. The molecule has 1 heterocycles. The van der Waals surface area contributed by atoms with Crippen LogP contribution >= 0.6 is 0 Å². The molecule has 0 saturated heterocycles. The van der Waals surface area contributed by atoms with Gasteiger partial charge in [0.05, 0.1) is 18.0 Å². The number of aromatic nitrogens is 2. The van der Waals surface area contributed by atoms with Gasteiger partial charge in [-0.1, -0.05) is 38.1 Å². The van der Waals surface area contributed by atoms with E-state index in [2.05, 4.69) is 43.2 Å². The van der Waals surface area contributed by atoms with E-state index in [4.69, 9.17) is 5.11 Å². The summed E-state index contributed by atoms with van der Waals surface area (Å²) in [4.78, 5) is 0. The van der Waals surface area contributed by atoms with E-state index in [-0.39, 0.29) is 6.61 Å². The van der Waals surface area contributed by atoms with Crippen LogP contribution in [-0.2, 0) is 20.1 Å². The molecule has 1 N–H and O–H groups in total. The summed E-state index contributed by atoms with van der Waals surface area (Å²) in [6, 6.07) is 10.5. The molecule has 2 aromatic rings. The molecule has 0 atom stereocenters. The summed E-state index contributed by atoms with van der Waals surface area (Å²) in [5.41, 5.74) is 4.24. The number of hydrogen-bond acceptors (Lipinski definition) is 2. The second kappa shape index (κ2) is 5.36. The molecule has 0 bridgehead atoms. The van der Waals surface area contributed by atoms with Crippen LogP contribution in [0, 0.1) is 5.92 Å². The highest BCUT2D eigenvalue weighted by Crippen LogP contribution is 2.21. The Morgan fingerprint density at radius 1 is 1.22 bits per heavy atom. The number of hydrogen-bond donors (Lipinski definition) is 1. The summed E-state index contributed by atoms with van der Waals surface area (Å²) in [6.07, 6.45) is 1.10. The molecule has 0 radical (unpaired) electrons. The van der Waals surface area contributed by atoms with Crippen molar-refractivity contribution < 1.29 is 5.11 Å². The number of aliphatic hydroxyl groups is 1. The van der Waals surface area contributed by atoms with Gasteiger partial charge in [0, 0.05) is 7.05 Å². The Hall–Kier alpha value is -1.61. The molecule has 1 aromatic heterocycles. The molecule has 96 valence electrons. The molecule has 1 aromatic carbocycles. The van der Waals surface area contributed by atoms with E-state index in [1.54, 1.807) is 0 Å². The summed E-state index contributed by atoms with van der Waals surface area (Å²) in [5, 5.41) is 13.3. The van der Waals surface area contributed by atoms with Crippen molar-refractivity contribution in [3.05, 3.63) is 41.6 Å². The molecule has 0 aliphatic heterocycles. The number of nitrogens with zero attached hydrogens (tertiary/aromatic N) is 2. The summed E-state index contributed by atoms with van der Waals surface area (Å²) >= 11 is 0. The quantitative estimate of drug-likeness (QED) is 0.898. The second-order valence-corrected chi connectivity index (χ2v) is 5.10. The third-order valence-corrected chi connectivity index (χ3v) is 2.99. The Labute approximate surface area is 108 Å². The lowest BCUT2D eigenvalue weighted by atomic mass is 10.0. The van der Waals surface area contributed by atoms with Gasteiger partial charge in [-0.05, 0) is 29.5 Å². The first-order chi connectivity index (χ1) is 8.60. The highest BCUT2D eigenvalue weighted by Gasteiger charge is 2.07. The molecule has 18 heavy (non-hydrogen) atoms. The molecule has 3 heteroatoms. The van der Waals surface area contributed by atoms with Crippen molar-refractivity contribution in [2.75, 3.05) is 0 Å². The number of aryl methyl sites for hydroxylation is 1. The van der Waals surface area contributed by atoms with E-state index < -0.39 is 0 Å². The van der Waals surface area contributed by atoms with Crippen LogP contribution in [0.25, 0.3) is 11.3 Å². The maximum Gasteiger partial charge on any atom is 0.0885 e. The van der Waals surface area contributed by atoms with Gasteiger partial charge in [-0.15, -0.1) is 0 Å². The highest BCUT2D eigenvalue weighted by molar-refractivity contribution is 5.60. The summed E-state index contributed by atoms with van der Waals surface area (Å²) in [5.74, 6) is 0.675. The van der Waals surface area contributed by atoms with Crippen molar-refractivity contribution in [2.24, 2.45) is 13.0 Å². The predicted octanol–water partition coefficient (Wildman–Crippen LogP) is 2.78. The maximum absolute atomic E-state index is 9.09. The maximum atomic E-state index is 9.09. The minimum absolute atomic E-state index is 0.0146. The van der Waals surface area contributed by atoms with Crippen LogP contribution in [0.15, 0.2) is 30.3 Å². The van der Waals surface area contributed by atoms with E-state index in [9.17, 15) is 0 Å². The standard InChI is InChI=1S/C15H20N2O/c1-11(2)8-12-4-6-13(7-5-12)15-9-14(10-18)16-17(15)3/h4-7,9,11,18H,8,10H2,1-3H3. The fourth-order valence-corrected chi connectivity index (χ4v) is 2.16. The van der Waals surface area contributed by atoms with Crippen LogP contribution in [0.1, 0.15) is 25.1 Å². The third-order valence-electron chi connectivity index (χ3n) is 2.99. The van der Waals surface area contributed by atoms with E-state index in [1.807, 2.05) is 17.8 Å². The van der Waals surface area contributed by atoms with Crippen molar-refractivity contribution in [3.63, 3.8) is 0 Å². The number of benzene rings is 1. The molecular weight excluding hydrogens is 224 g/mol. The lowest BCUT2D eigenvalue weighted by Gasteiger charge is -2.06. The van der Waals surface area contributed by atoms with Crippen LogP contribution in [-0.4, -0.2) is 14.9 Å². The Kier molecular flexibility index (Phi) is 3.82. The van der Waals surface area contributed by atoms with E-state index >= 15 is 0 Å². The molecule has 0 saturated carbocycles. The van der Waals surface area contributed by atoms with Gasteiger partial charge in [0.2, 0.25) is 0 Å². The molecule has 0 amide bonds. The van der Waals surface area contributed by atoms with E-state index in [1.165, 1.54) is 5.56 Å². The van der Waals surface area contributed by atoms with E-state index in [0.717, 1.165) is 17.7 Å². The Balaban J connectivity index is 2.25. The van der Waals surface area contributed by atoms with Crippen molar-refractivity contribution in [1.29, 1.82) is 0 Å². The summed E-state index contributed by atoms with van der Waals surface area (Å²) < 4.78 is 1.81. The third kappa shape index (κ3) is 2.79. The van der Waals surface area contributed by atoms with Gasteiger partial charge in [0.25, 0.3) is 0 Å². The van der Waals surface area contributed by atoms with Crippen molar-refractivity contribution in [3.8, 4) is 11.3 Å². The van der Waals surface area contributed by atoms with Crippen molar-refractivity contribution >= 4 is 0 Å². The van der Waals surface area contributed by atoms with Crippen LogP contribution < -0.4 is 0 Å². The predicted molar refractivity (Wildman–Crippen MR) is 73.1 cm³/mol. The van der Waals surface area contributed by atoms with Gasteiger partial charge >= 0.3 is 0 Å². The second-order valence-electron chi connectivity index (χ2n) is 5.10. The van der Waals surface area contributed by atoms with Crippen LogP contribution in [0.4, 0.5) is 0 Å². The van der Waals surface area contributed by atoms with Gasteiger partial charge in [-0.2, -0.15) is 5.10 Å². The molecule has 0 aliphatic carbocycles. The minimum Gasteiger partial charge on any atom is -0.390 e. The summed E-state index contributed by atoms with van der Waals surface area (Å²) in [7, 11) is 1.90. The van der Waals surface area contributed by atoms with Crippen LogP contribution in [0.2, 0.25) is 0 Å². The SMILES string of the molecule is CC(C)Cc1ccc(-c2cc(CO)nn2C)cc1. The van der Waals surface area contributed by atoms with Gasteiger partial charge in [-0.3, -0.25) is 4.68 Å². The minimum atomic E-state index is -0.0146. The lowest BCUT2D eigenvalue weighted by molar-refractivity contribution is 0.275. The summed E-state index contributed by atoms with van der Waals surface area (Å²) in [6.45, 7) is 4.43. The average Bonchev–Trinajstić information content (AvgIpc) is 2.71. The average molecular weight is 244 g/mol. The fraction of sp³-hybridized carbons (Fsp3) is 0.400. The van der Waals surface area contributed by atoms with E-state index in [0.29, 0.717) is 11.6 Å². The van der Waals surface area contributed by atoms with Gasteiger partial charge in [0.1, 0.15) is 0 Å². The molecule has 3 nitrogen and oxygen atoms in total. The molecule has 0 unspecified atom stereocenters. The number of aliphatic hydroxyl groups excluding tert-OH is 1. The first-order valence-electron chi connectivity index (χ1n) is 6.33. The Morgan fingerprint density at radius 2 is 1.89 bits per heavy atom. The van der Waals surface area contributed by atoms with Crippen LogP contribution in [0.5, 0.6) is 0 Å². The zero-order valence-electron chi connectivity index (χ0n) is 11.2. The Bertz CT molecular complexity index is 512. The topological polar surface area (TPSA) is 38.1 Å². The van der Waals surface area contributed by atoms with Gasteiger partial charge < -0.3 is 5.11 Å². The molecule has 0 aliphatic rings. The molecule has 0 fully saturated rings. The van der Waals surface area contributed by atoms with Crippen LogP contribution in [0.3, 0.4) is 0 Å². The zero-order valence-corrected chi connectivity index (χ0v) is 11.2. The van der Waals surface area contributed by atoms with Gasteiger partial charge in [-0.25, -0.2) is 0 Å². The first kappa shape index (κ1) is 12.8. The lowest BCUT2D eigenvalue weighted by Crippen LogP contribution is -1.96. The fourth-order valence-electron chi connectivity index (χ4n) is 2.16. The normalized spacial score (nSPS) is 11.2. The molecular formula is C15H20N2O. The first-order valence-corrected chi connectivity index (χ1v) is 6.33. The molecule has 2 rings (SSSR count). The Morgan fingerprint density at radius 3 is 2.39 bits per heavy atom. The smallest absolute Gasteiger partial charge is 0.0885 e. The zero-order chi connectivity index (χ0) is 13.1. The molecule has 0 spiro atoms. The van der Waals surface area contributed by atoms with Gasteiger partial charge in [0.15, 0.2) is 0 Å². The number of rotatable bonds is 4.